The Bertz CT molecular complexity index is 527. The van der Waals surface area contributed by atoms with E-state index in [9.17, 15) is 4.79 Å². The minimum Gasteiger partial charge on any atom is -0.338 e. The quantitative estimate of drug-likeness (QED) is 0.751. The molecule has 3 nitrogen and oxygen atoms in total. The molecule has 1 heterocycles. The van der Waals surface area contributed by atoms with Gasteiger partial charge in [0.25, 0.3) is 5.91 Å². The van der Waals surface area contributed by atoms with Crippen molar-refractivity contribution in [1.82, 2.24) is 9.88 Å². The zero-order chi connectivity index (χ0) is 16.6. The van der Waals surface area contributed by atoms with Gasteiger partial charge in [-0.3, -0.25) is 4.79 Å². The lowest BCUT2D eigenvalue weighted by molar-refractivity contribution is 0.0629. The molecule has 0 aromatic carbocycles. The van der Waals surface area contributed by atoms with Crippen LogP contribution in [0.15, 0.2) is 12.1 Å². The van der Waals surface area contributed by atoms with Crippen molar-refractivity contribution in [3.8, 4) is 0 Å². The number of carbonyl (C=O) groups is 1. The molecule has 1 unspecified atom stereocenters. The minimum absolute atomic E-state index is 0.0211. The Morgan fingerprint density at radius 1 is 1.19 bits per heavy atom. The van der Waals surface area contributed by atoms with Gasteiger partial charge in [-0.1, -0.05) is 53.1 Å². The fraction of sp³-hybridized carbons (Fsp3) is 0.647. The highest BCUT2D eigenvalue weighted by Gasteiger charge is 2.28. The van der Waals surface area contributed by atoms with Gasteiger partial charge in [0.2, 0.25) is 0 Å². The Labute approximate surface area is 133 Å². The van der Waals surface area contributed by atoms with Gasteiger partial charge in [0.05, 0.1) is 0 Å². The summed E-state index contributed by atoms with van der Waals surface area (Å²) < 4.78 is 0. The Hall–Kier alpha value is -1.09. The summed E-state index contributed by atoms with van der Waals surface area (Å²) in [5.74, 6) is -0.0211. The monoisotopic (exact) mass is 310 g/mol. The first-order valence-electron chi connectivity index (χ1n) is 7.29. The summed E-state index contributed by atoms with van der Waals surface area (Å²) in [5, 5.41) is 0.364. The smallest absolute Gasteiger partial charge is 0.254 e. The summed E-state index contributed by atoms with van der Waals surface area (Å²) in [6.07, 6.45) is 0. The van der Waals surface area contributed by atoms with Gasteiger partial charge in [0.15, 0.2) is 0 Å². The number of rotatable bonds is 2. The molecule has 0 aliphatic carbocycles. The summed E-state index contributed by atoms with van der Waals surface area (Å²) in [6.45, 7) is 14.6. The van der Waals surface area contributed by atoms with Crippen molar-refractivity contribution < 1.29 is 4.79 Å². The van der Waals surface area contributed by atoms with E-state index in [2.05, 4.69) is 53.5 Å². The molecule has 1 amide bonds. The number of hydrogen-bond donors (Lipinski definition) is 0. The van der Waals surface area contributed by atoms with Crippen molar-refractivity contribution in [2.75, 3.05) is 7.05 Å². The van der Waals surface area contributed by atoms with E-state index in [0.717, 1.165) is 5.69 Å². The molecule has 0 bridgehead atoms. The first-order chi connectivity index (χ1) is 9.34. The van der Waals surface area contributed by atoms with Crippen LogP contribution in [0, 0.1) is 5.41 Å². The molecule has 4 heteroatoms. The topological polar surface area (TPSA) is 33.2 Å². The van der Waals surface area contributed by atoms with Crippen LogP contribution in [0.25, 0.3) is 0 Å². The molecule has 21 heavy (non-hydrogen) atoms. The summed E-state index contributed by atoms with van der Waals surface area (Å²) >= 11 is 6.09. The summed E-state index contributed by atoms with van der Waals surface area (Å²) in [7, 11) is 1.84. The van der Waals surface area contributed by atoms with Crippen molar-refractivity contribution in [2.24, 2.45) is 5.41 Å². The predicted molar refractivity (Wildman–Crippen MR) is 89.0 cm³/mol. The Morgan fingerprint density at radius 2 is 1.71 bits per heavy atom. The van der Waals surface area contributed by atoms with Crippen LogP contribution in [0.4, 0.5) is 0 Å². The van der Waals surface area contributed by atoms with Crippen molar-refractivity contribution in [1.29, 1.82) is 0 Å². The zero-order valence-corrected chi connectivity index (χ0v) is 15.2. The molecule has 1 rings (SSSR count). The maximum atomic E-state index is 12.7. The molecule has 0 aliphatic heterocycles. The van der Waals surface area contributed by atoms with Crippen LogP contribution < -0.4 is 0 Å². The normalized spacial score (nSPS) is 14.0. The number of hydrogen-bond acceptors (Lipinski definition) is 2. The summed E-state index contributed by atoms with van der Waals surface area (Å²) in [5.41, 5.74) is 1.30. The lowest BCUT2D eigenvalue weighted by Gasteiger charge is -2.35. The largest absolute Gasteiger partial charge is 0.338 e. The summed E-state index contributed by atoms with van der Waals surface area (Å²) in [4.78, 5) is 18.8. The Morgan fingerprint density at radius 3 is 2.14 bits per heavy atom. The van der Waals surface area contributed by atoms with Crippen molar-refractivity contribution in [3.63, 3.8) is 0 Å². The molecular formula is C17H27ClN2O. The SMILES string of the molecule is CC(N(C)C(=O)c1cc(Cl)nc(C(C)(C)C)c1)C(C)(C)C. The van der Waals surface area contributed by atoms with Crippen LogP contribution in [-0.4, -0.2) is 28.9 Å². The van der Waals surface area contributed by atoms with Crippen LogP contribution in [0.5, 0.6) is 0 Å². The van der Waals surface area contributed by atoms with Gasteiger partial charge in [0, 0.05) is 29.8 Å². The van der Waals surface area contributed by atoms with Gasteiger partial charge in [0.1, 0.15) is 5.15 Å². The highest BCUT2D eigenvalue weighted by atomic mass is 35.5. The third-order valence-corrected chi connectivity index (χ3v) is 4.16. The van der Waals surface area contributed by atoms with E-state index in [1.807, 2.05) is 13.1 Å². The lowest BCUT2D eigenvalue weighted by atomic mass is 9.86. The average molecular weight is 311 g/mol. The molecular weight excluding hydrogens is 284 g/mol. The minimum atomic E-state index is -0.145. The van der Waals surface area contributed by atoms with Crippen molar-refractivity contribution in [2.45, 2.75) is 59.9 Å². The van der Waals surface area contributed by atoms with E-state index in [-0.39, 0.29) is 22.8 Å². The fourth-order valence-electron chi connectivity index (χ4n) is 1.97. The van der Waals surface area contributed by atoms with Crippen LogP contribution >= 0.6 is 11.6 Å². The molecule has 0 aliphatic rings. The van der Waals surface area contributed by atoms with E-state index >= 15 is 0 Å². The van der Waals surface area contributed by atoms with Crippen molar-refractivity contribution >= 4 is 17.5 Å². The van der Waals surface area contributed by atoms with Crippen LogP contribution in [0.2, 0.25) is 5.15 Å². The van der Waals surface area contributed by atoms with Crippen molar-refractivity contribution in [3.05, 3.63) is 28.5 Å². The zero-order valence-electron chi connectivity index (χ0n) is 14.4. The van der Waals surface area contributed by atoms with Crippen LogP contribution in [0.3, 0.4) is 0 Å². The van der Waals surface area contributed by atoms with Gasteiger partial charge in [-0.15, -0.1) is 0 Å². The number of aromatic nitrogens is 1. The molecule has 1 atom stereocenters. The molecule has 118 valence electrons. The van der Waals surface area contributed by atoms with Gasteiger partial charge in [-0.05, 0) is 24.5 Å². The first-order valence-corrected chi connectivity index (χ1v) is 7.67. The molecule has 0 spiro atoms. The third-order valence-electron chi connectivity index (χ3n) is 3.96. The number of carbonyl (C=O) groups excluding carboxylic acids is 1. The fourth-order valence-corrected chi connectivity index (χ4v) is 2.17. The standard InChI is InChI=1S/C17H27ClN2O/c1-11(16(2,3)4)20(8)15(21)12-9-13(17(5,6)7)19-14(18)10-12/h9-11H,1-8H3. The molecule has 0 N–H and O–H groups in total. The van der Waals surface area contributed by atoms with E-state index in [4.69, 9.17) is 11.6 Å². The van der Waals surface area contributed by atoms with Gasteiger partial charge < -0.3 is 4.90 Å². The molecule has 0 saturated heterocycles. The van der Waals surface area contributed by atoms with Crippen LogP contribution in [-0.2, 0) is 5.41 Å². The number of halogens is 1. The molecule has 0 radical (unpaired) electrons. The summed E-state index contributed by atoms with van der Waals surface area (Å²) in [6, 6.07) is 3.61. The van der Waals surface area contributed by atoms with E-state index < -0.39 is 0 Å². The molecule has 1 aromatic heterocycles. The second-order valence-corrected chi connectivity index (χ2v) is 8.16. The van der Waals surface area contributed by atoms with Crippen LogP contribution in [0.1, 0.15) is 64.5 Å². The number of nitrogens with zero attached hydrogens (tertiary/aromatic N) is 2. The molecule has 0 saturated carbocycles. The first kappa shape index (κ1) is 18.0. The Balaban J connectivity index is 3.17. The maximum Gasteiger partial charge on any atom is 0.254 e. The van der Waals surface area contributed by atoms with E-state index in [1.54, 1.807) is 11.0 Å². The van der Waals surface area contributed by atoms with Gasteiger partial charge in [-0.2, -0.15) is 0 Å². The lowest BCUT2D eigenvalue weighted by Crippen LogP contribution is -2.43. The predicted octanol–water partition coefficient (Wildman–Crippen LogP) is 4.54. The molecule has 0 fully saturated rings. The maximum absolute atomic E-state index is 12.7. The molecule has 1 aromatic rings. The van der Waals surface area contributed by atoms with E-state index in [0.29, 0.717) is 10.7 Å². The number of amides is 1. The van der Waals surface area contributed by atoms with E-state index in [1.165, 1.54) is 0 Å². The average Bonchev–Trinajstić information content (AvgIpc) is 2.33. The highest BCUT2D eigenvalue weighted by molar-refractivity contribution is 6.29. The van der Waals surface area contributed by atoms with Gasteiger partial charge >= 0.3 is 0 Å². The second-order valence-electron chi connectivity index (χ2n) is 7.77. The second kappa shape index (κ2) is 5.96. The highest BCUT2D eigenvalue weighted by Crippen LogP contribution is 2.27. The Kier molecular flexibility index (Phi) is 5.09. The van der Waals surface area contributed by atoms with Gasteiger partial charge in [-0.25, -0.2) is 4.98 Å². The third kappa shape index (κ3) is 4.44. The number of pyridine rings is 1.